The summed E-state index contributed by atoms with van der Waals surface area (Å²) in [6.45, 7) is 3.12. The van der Waals surface area contributed by atoms with Crippen LogP contribution in [0.25, 0.3) is 0 Å². The van der Waals surface area contributed by atoms with E-state index in [2.05, 4.69) is 12.2 Å². The summed E-state index contributed by atoms with van der Waals surface area (Å²) < 4.78 is 19.2. The molecule has 0 saturated carbocycles. The quantitative estimate of drug-likeness (QED) is 0.868. The molecular weight excluding hydrogens is 267 g/mol. The Morgan fingerprint density at radius 2 is 1.95 bits per heavy atom. The van der Waals surface area contributed by atoms with Gasteiger partial charge in [-0.15, -0.1) is 0 Å². The van der Waals surface area contributed by atoms with E-state index in [1.165, 1.54) is 6.07 Å². The number of anilines is 1. The monoisotopic (exact) mass is 284 g/mol. The average molecular weight is 284 g/mol. The molecule has 0 aliphatic heterocycles. The molecule has 4 heteroatoms. The molecule has 0 bridgehead atoms. The third-order valence-corrected chi connectivity index (χ3v) is 2.99. The van der Waals surface area contributed by atoms with E-state index in [9.17, 15) is 4.39 Å². The third kappa shape index (κ3) is 4.22. The normalized spacial score (nSPS) is 9.95. The predicted molar refractivity (Wildman–Crippen MR) is 80.7 cm³/mol. The van der Waals surface area contributed by atoms with Crippen molar-refractivity contribution >= 4 is 5.69 Å². The van der Waals surface area contributed by atoms with E-state index in [-0.39, 0.29) is 5.82 Å². The summed E-state index contributed by atoms with van der Waals surface area (Å²) in [5.74, 6) is 0.455. The zero-order chi connectivity index (χ0) is 15.1. The molecule has 0 saturated heterocycles. The van der Waals surface area contributed by atoms with Crippen LogP contribution in [0.4, 0.5) is 10.1 Å². The minimum absolute atomic E-state index is 0.327. The molecule has 0 atom stereocenters. The van der Waals surface area contributed by atoms with Gasteiger partial charge >= 0.3 is 0 Å². The number of hydrogen-bond acceptors (Lipinski definition) is 3. The lowest BCUT2D eigenvalue weighted by Gasteiger charge is -2.09. The second kappa shape index (κ2) is 7.30. The maximum absolute atomic E-state index is 13.7. The molecular formula is C17H17FN2O. The second-order valence-corrected chi connectivity index (χ2v) is 4.64. The van der Waals surface area contributed by atoms with Gasteiger partial charge in [0.25, 0.3) is 0 Å². The van der Waals surface area contributed by atoms with E-state index in [4.69, 9.17) is 10.00 Å². The smallest absolute Gasteiger partial charge is 0.129 e. The average Bonchev–Trinajstić information content (AvgIpc) is 2.52. The van der Waals surface area contributed by atoms with Gasteiger partial charge in [0.2, 0.25) is 0 Å². The lowest BCUT2D eigenvalue weighted by Crippen LogP contribution is -2.02. The molecule has 0 spiro atoms. The highest BCUT2D eigenvalue weighted by Gasteiger charge is 2.03. The molecule has 3 nitrogen and oxygen atoms in total. The molecule has 0 aliphatic carbocycles. The first-order valence-corrected chi connectivity index (χ1v) is 6.88. The molecule has 0 unspecified atom stereocenters. The van der Waals surface area contributed by atoms with Crippen molar-refractivity contribution in [2.75, 3.05) is 11.9 Å². The Morgan fingerprint density at radius 1 is 1.19 bits per heavy atom. The van der Waals surface area contributed by atoms with Crippen molar-refractivity contribution < 1.29 is 9.13 Å². The number of ether oxygens (including phenoxy) is 1. The second-order valence-electron chi connectivity index (χ2n) is 4.64. The third-order valence-electron chi connectivity index (χ3n) is 2.99. The molecule has 0 heterocycles. The number of hydrogen-bond donors (Lipinski definition) is 1. The Labute approximate surface area is 124 Å². The number of nitriles is 1. The van der Waals surface area contributed by atoms with Gasteiger partial charge in [0.1, 0.15) is 11.6 Å². The van der Waals surface area contributed by atoms with Gasteiger partial charge in [0, 0.05) is 17.8 Å². The van der Waals surface area contributed by atoms with Crippen LogP contribution in [0.15, 0.2) is 42.5 Å². The van der Waals surface area contributed by atoms with Crippen molar-refractivity contribution in [1.29, 1.82) is 5.26 Å². The van der Waals surface area contributed by atoms with Gasteiger partial charge in [-0.25, -0.2) is 4.39 Å². The van der Waals surface area contributed by atoms with Crippen molar-refractivity contribution in [2.45, 2.75) is 19.9 Å². The van der Waals surface area contributed by atoms with Gasteiger partial charge in [-0.3, -0.25) is 0 Å². The van der Waals surface area contributed by atoms with Crippen LogP contribution in [0.5, 0.6) is 5.75 Å². The van der Waals surface area contributed by atoms with Crippen LogP contribution in [0.2, 0.25) is 0 Å². The van der Waals surface area contributed by atoms with Crippen LogP contribution >= 0.6 is 0 Å². The fraction of sp³-hybridized carbons (Fsp3) is 0.235. The maximum Gasteiger partial charge on any atom is 0.129 e. The van der Waals surface area contributed by atoms with Gasteiger partial charge in [-0.1, -0.05) is 13.0 Å². The van der Waals surface area contributed by atoms with Crippen molar-refractivity contribution in [2.24, 2.45) is 0 Å². The number of nitrogens with zero attached hydrogens (tertiary/aromatic N) is 1. The Kier molecular flexibility index (Phi) is 5.16. The highest BCUT2D eigenvalue weighted by Crippen LogP contribution is 2.17. The molecule has 0 radical (unpaired) electrons. The SMILES string of the molecule is CCCOc1ccc(NCc2ccc(C#N)cc2F)cc1. The molecule has 2 aromatic rings. The summed E-state index contributed by atoms with van der Waals surface area (Å²) >= 11 is 0. The van der Waals surface area contributed by atoms with Crippen molar-refractivity contribution in [3.8, 4) is 11.8 Å². The summed E-state index contributed by atoms with van der Waals surface area (Å²) in [7, 11) is 0. The predicted octanol–water partition coefficient (Wildman–Crippen LogP) is 4.10. The minimum atomic E-state index is -0.371. The molecule has 108 valence electrons. The highest BCUT2D eigenvalue weighted by atomic mass is 19.1. The van der Waals surface area contributed by atoms with Crippen molar-refractivity contribution in [1.82, 2.24) is 0 Å². The van der Waals surface area contributed by atoms with Crippen LogP contribution in [0.1, 0.15) is 24.5 Å². The minimum Gasteiger partial charge on any atom is -0.494 e. The zero-order valence-corrected chi connectivity index (χ0v) is 11.9. The Bertz CT molecular complexity index is 632. The molecule has 0 aromatic heterocycles. The zero-order valence-electron chi connectivity index (χ0n) is 11.9. The summed E-state index contributed by atoms with van der Waals surface area (Å²) in [6, 6.07) is 14.0. The Balaban J connectivity index is 1.95. The highest BCUT2D eigenvalue weighted by molar-refractivity contribution is 5.47. The number of nitrogens with one attached hydrogen (secondary N) is 1. The Hall–Kier alpha value is -2.54. The summed E-state index contributed by atoms with van der Waals surface area (Å²) in [5, 5.41) is 11.8. The van der Waals surface area contributed by atoms with Crippen LogP contribution in [0, 0.1) is 17.1 Å². The summed E-state index contributed by atoms with van der Waals surface area (Å²) in [4.78, 5) is 0. The van der Waals surface area contributed by atoms with E-state index in [1.807, 2.05) is 30.3 Å². The van der Waals surface area contributed by atoms with Crippen LogP contribution < -0.4 is 10.1 Å². The lowest BCUT2D eigenvalue weighted by molar-refractivity contribution is 0.317. The first-order valence-electron chi connectivity index (χ1n) is 6.88. The van der Waals surface area contributed by atoms with Gasteiger partial charge < -0.3 is 10.1 Å². The van der Waals surface area contributed by atoms with Gasteiger partial charge in [0.15, 0.2) is 0 Å². The first kappa shape index (κ1) is 14.9. The maximum atomic E-state index is 13.7. The summed E-state index contributed by atoms with van der Waals surface area (Å²) in [5.41, 5.74) is 1.75. The fourth-order valence-electron chi connectivity index (χ4n) is 1.85. The van der Waals surface area contributed by atoms with Crippen LogP contribution in [0.3, 0.4) is 0 Å². The summed E-state index contributed by atoms with van der Waals surface area (Å²) in [6.07, 6.45) is 0.970. The van der Waals surface area contributed by atoms with Crippen LogP contribution in [-0.2, 0) is 6.54 Å². The van der Waals surface area contributed by atoms with Gasteiger partial charge in [-0.2, -0.15) is 5.26 Å². The molecule has 0 fully saturated rings. The Morgan fingerprint density at radius 3 is 2.57 bits per heavy atom. The molecule has 1 N–H and O–H groups in total. The van der Waals surface area contributed by atoms with Crippen molar-refractivity contribution in [3.63, 3.8) is 0 Å². The molecule has 2 aromatic carbocycles. The molecule has 21 heavy (non-hydrogen) atoms. The lowest BCUT2D eigenvalue weighted by atomic mass is 10.1. The van der Waals surface area contributed by atoms with E-state index >= 15 is 0 Å². The standard InChI is InChI=1S/C17H17FN2O/c1-2-9-21-16-7-5-15(6-8-16)20-12-14-4-3-13(11-19)10-17(14)18/h3-8,10,20H,2,9,12H2,1H3. The molecule has 2 rings (SSSR count). The largest absolute Gasteiger partial charge is 0.494 e. The van der Waals surface area contributed by atoms with E-state index in [1.54, 1.807) is 12.1 Å². The van der Waals surface area contributed by atoms with Crippen LogP contribution in [-0.4, -0.2) is 6.61 Å². The van der Waals surface area contributed by atoms with Gasteiger partial charge in [-0.05, 0) is 42.8 Å². The first-order chi connectivity index (χ1) is 10.2. The van der Waals surface area contributed by atoms with Gasteiger partial charge in [0.05, 0.1) is 18.2 Å². The number of halogens is 1. The fourth-order valence-corrected chi connectivity index (χ4v) is 1.85. The molecule has 0 amide bonds. The molecule has 0 aliphatic rings. The van der Waals surface area contributed by atoms with E-state index in [0.717, 1.165) is 17.9 Å². The van der Waals surface area contributed by atoms with Crippen molar-refractivity contribution in [3.05, 3.63) is 59.4 Å². The topological polar surface area (TPSA) is 45.0 Å². The van der Waals surface area contributed by atoms with E-state index < -0.39 is 0 Å². The van der Waals surface area contributed by atoms with E-state index in [0.29, 0.717) is 24.3 Å². The number of rotatable bonds is 6. The number of benzene rings is 2.